The molecule has 218 valence electrons. The van der Waals surface area contributed by atoms with Gasteiger partial charge in [-0.15, -0.1) is 0 Å². The van der Waals surface area contributed by atoms with Gasteiger partial charge in [0.15, 0.2) is 22.4 Å². The molecule has 0 radical (unpaired) electrons. The van der Waals surface area contributed by atoms with E-state index in [1.165, 1.54) is 12.0 Å². The van der Waals surface area contributed by atoms with Crippen LogP contribution >= 0.6 is 11.3 Å². The van der Waals surface area contributed by atoms with Crippen LogP contribution < -0.4 is 14.4 Å². The number of anilines is 1. The van der Waals surface area contributed by atoms with E-state index in [1.54, 1.807) is 32.0 Å². The van der Waals surface area contributed by atoms with Gasteiger partial charge in [0, 0.05) is 6.20 Å². The van der Waals surface area contributed by atoms with Crippen LogP contribution in [0, 0.1) is 20.8 Å². The summed E-state index contributed by atoms with van der Waals surface area (Å²) < 4.78 is 18.2. The third-order valence-electron chi connectivity index (χ3n) is 7.00. The monoisotopic (exact) mass is 590 g/mol. The molecule has 1 fully saturated rings. The predicted octanol–water partition coefficient (Wildman–Crippen LogP) is 4.93. The van der Waals surface area contributed by atoms with Gasteiger partial charge in [-0.25, -0.2) is 14.8 Å². The number of aryl methyl sites for hydroxylation is 3. The first-order chi connectivity index (χ1) is 20.1. The molecule has 42 heavy (non-hydrogen) atoms. The number of aromatic nitrogens is 3. The molecule has 4 heterocycles. The summed E-state index contributed by atoms with van der Waals surface area (Å²) in [6.07, 6.45) is 1.81. The number of imidazole rings is 1. The Hall–Kier alpha value is -4.71. The van der Waals surface area contributed by atoms with Crippen LogP contribution in [0.15, 0.2) is 42.1 Å². The largest absolute Gasteiger partial charge is 0.505 e. The number of aliphatic hydroxyl groups excluding tert-OH is 1. The molecule has 0 bridgehead atoms. The van der Waals surface area contributed by atoms with E-state index in [0.29, 0.717) is 47.3 Å². The van der Waals surface area contributed by atoms with Crippen LogP contribution in [0.3, 0.4) is 0 Å². The average molecular weight is 591 g/mol. The third-order valence-corrected chi connectivity index (χ3v) is 8.13. The van der Waals surface area contributed by atoms with E-state index in [0.717, 1.165) is 16.9 Å². The van der Waals surface area contributed by atoms with E-state index < -0.39 is 29.5 Å². The lowest BCUT2D eigenvalue weighted by Crippen LogP contribution is -2.29. The number of nitrogens with zero attached hydrogens (tertiary/aromatic N) is 4. The van der Waals surface area contributed by atoms with Gasteiger partial charge in [-0.05, 0) is 63.9 Å². The Morgan fingerprint density at radius 2 is 1.76 bits per heavy atom. The van der Waals surface area contributed by atoms with E-state index in [2.05, 4.69) is 9.97 Å². The summed E-state index contributed by atoms with van der Waals surface area (Å²) >= 11 is 0.925. The van der Waals surface area contributed by atoms with Crippen molar-refractivity contribution in [2.45, 2.75) is 40.7 Å². The summed E-state index contributed by atoms with van der Waals surface area (Å²) in [5.74, 6) is -1.95. The highest BCUT2D eigenvalue weighted by atomic mass is 32.1. The number of thiazole rings is 1. The van der Waals surface area contributed by atoms with Gasteiger partial charge in [-0.2, -0.15) is 0 Å². The fraction of sp³-hybridized carbons (Fsp3) is 0.300. The van der Waals surface area contributed by atoms with Crippen molar-refractivity contribution in [3.05, 3.63) is 75.2 Å². The smallest absolute Gasteiger partial charge is 0.350 e. The Morgan fingerprint density at radius 1 is 1.05 bits per heavy atom. The Balaban J connectivity index is 1.77. The van der Waals surface area contributed by atoms with Gasteiger partial charge in [-0.1, -0.05) is 23.5 Å². The second kappa shape index (κ2) is 11.3. The van der Waals surface area contributed by atoms with Crippen molar-refractivity contribution in [2.24, 2.45) is 0 Å². The molecule has 5 rings (SSSR count). The number of benzene rings is 1. The van der Waals surface area contributed by atoms with Crippen LogP contribution in [0.4, 0.5) is 5.13 Å². The van der Waals surface area contributed by atoms with Gasteiger partial charge in [0.2, 0.25) is 0 Å². The summed E-state index contributed by atoms with van der Waals surface area (Å²) in [6, 6.07) is 7.71. The average Bonchev–Trinajstić information content (AvgIpc) is 3.61. The first-order valence-corrected chi connectivity index (χ1v) is 14.1. The molecule has 1 atom stereocenters. The zero-order valence-corrected chi connectivity index (χ0v) is 24.9. The van der Waals surface area contributed by atoms with Crippen LogP contribution in [0.25, 0.3) is 11.4 Å². The lowest BCUT2D eigenvalue weighted by atomic mass is 9.96. The number of fused-ring (bicyclic) bond motifs is 1. The summed E-state index contributed by atoms with van der Waals surface area (Å²) in [5.41, 5.74) is 2.90. The Kier molecular flexibility index (Phi) is 7.74. The van der Waals surface area contributed by atoms with E-state index in [-0.39, 0.29) is 21.3 Å². The molecule has 1 amide bonds. The minimum absolute atomic E-state index is 0.105. The second-order valence-electron chi connectivity index (χ2n) is 9.57. The zero-order chi connectivity index (χ0) is 30.3. The third kappa shape index (κ3) is 4.67. The highest BCUT2D eigenvalue weighted by Gasteiger charge is 2.49. The minimum Gasteiger partial charge on any atom is -0.505 e. The van der Waals surface area contributed by atoms with Crippen molar-refractivity contribution < 1.29 is 33.7 Å². The van der Waals surface area contributed by atoms with Crippen molar-refractivity contribution in [3.63, 3.8) is 0 Å². The number of esters is 1. The number of carbonyl (C=O) groups is 3. The number of rotatable bonds is 8. The molecule has 1 saturated heterocycles. The van der Waals surface area contributed by atoms with Crippen molar-refractivity contribution in [2.75, 3.05) is 25.2 Å². The fourth-order valence-corrected chi connectivity index (χ4v) is 6.04. The Bertz CT molecular complexity index is 1770. The number of carbonyl (C=O) groups excluding carboxylic acids is 3. The lowest BCUT2D eigenvalue weighted by Gasteiger charge is -2.24. The van der Waals surface area contributed by atoms with E-state index >= 15 is 0 Å². The van der Waals surface area contributed by atoms with Crippen molar-refractivity contribution in [3.8, 4) is 11.5 Å². The number of hydrogen-bond donors (Lipinski definition) is 1. The highest BCUT2D eigenvalue weighted by molar-refractivity contribution is 7.17. The molecule has 0 aliphatic carbocycles. The normalized spacial score (nSPS) is 16.3. The summed E-state index contributed by atoms with van der Waals surface area (Å²) in [7, 11) is 1.25. The summed E-state index contributed by atoms with van der Waals surface area (Å²) in [6.45, 7) is 9.71. The molecule has 1 aliphatic heterocycles. The quantitative estimate of drug-likeness (QED) is 0.131. The molecule has 4 aromatic rings. The van der Waals surface area contributed by atoms with E-state index in [4.69, 9.17) is 14.2 Å². The fourth-order valence-electron chi connectivity index (χ4n) is 5.02. The van der Waals surface area contributed by atoms with Gasteiger partial charge in [0.05, 0.1) is 43.3 Å². The number of amides is 1. The van der Waals surface area contributed by atoms with E-state index in [1.807, 2.05) is 43.5 Å². The van der Waals surface area contributed by atoms with Crippen LogP contribution in [0.5, 0.6) is 11.5 Å². The van der Waals surface area contributed by atoms with Crippen molar-refractivity contribution in [1.29, 1.82) is 0 Å². The zero-order valence-electron chi connectivity index (χ0n) is 24.0. The maximum Gasteiger partial charge on any atom is 0.350 e. The summed E-state index contributed by atoms with van der Waals surface area (Å²) in [4.78, 5) is 50.3. The predicted molar refractivity (Wildman–Crippen MR) is 156 cm³/mol. The first-order valence-electron chi connectivity index (χ1n) is 13.3. The molecular weight excluding hydrogens is 560 g/mol. The van der Waals surface area contributed by atoms with Gasteiger partial charge >= 0.3 is 11.9 Å². The number of hydrogen-bond acceptors (Lipinski definition) is 10. The SMILES string of the molecule is CCOc1ccc(C2C(=C(O)c3nc4c(C)cccn4c3C)C(=O)C(=O)N2c2nc(C)c(C(=O)OC)s2)cc1OCC. The second-order valence-corrected chi connectivity index (χ2v) is 10.6. The van der Waals surface area contributed by atoms with Gasteiger partial charge in [0.1, 0.15) is 16.2 Å². The number of ether oxygens (including phenoxy) is 3. The molecule has 3 aromatic heterocycles. The lowest BCUT2D eigenvalue weighted by molar-refractivity contribution is -0.132. The van der Waals surface area contributed by atoms with E-state index in [9.17, 15) is 19.5 Å². The molecule has 1 N–H and O–H groups in total. The van der Waals surface area contributed by atoms with Gasteiger partial charge in [-0.3, -0.25) is 14.5 Å². The molecule has 12 heteroatoms. The number of methoxy groups -OCH3 is 1. The molecule has 0 saturated carbocycles. The van der Waals surface area contributed by atoms with Crippen LogP contribution in [0.1, 0.15) is 57.8 Å². The molecule has 11 nitrogen and oxygen atoms in total. The molecule has 1 aromatic carbocycles. The Morgan fingerprint density at radius 3 is 2.43 bits per heavy atom. The molecule has 1 aliphatic rings. The molecule has 0 spiro atoms. The number of aliphatic hydroxyl groups is 1. The maximum absolute atomic E-state index is 13.7. The van der Waals surface area contributed by atoms with Crippen molar-refractivity contribution >= 4 is 45.5 Å². The van der Waals surface area contributed by atoms with Crippen LogP contribution in [-0.4, -0.2) is 57.5 Å². The van der Waals surface area contributed by atoms with Gasteiger partial charge in [0.25, 0.3) is 5.78 Å². The Labute approximate surface area is 246 Å². The number of Topliss-reactive ketones (excluding diaryl/α,β-unsaturated/α-hetero) is 1. The molecule has 1 unspecified atom stereocenters. The topological polar surface area (TPSA) is 133 Å². The van der Waals surface area contributed by atoms with Crippen LogP contribution in [0.2, 0.25) is 0 Å². The highest BCUT2D eigenvalue weighted by Crippen LogP contribution is 2.46. The van der Waals surface area contributed by atoms with Gasteiger partial charge < -0.3 is 23.7 Å². The minimum atomic E-state index is -1.11. The van der Waals surface area contributed by atoms with Crippen molar-refractivity contribution in [1.82, 2.24) is 14.4 Å². The standard InChI is InChI=1S/C30H30N4O7S/c1-7-40-19-12-11-18(14-20(19)41-8-2)23-21(24(35)22-17(5)33-13-9-10-15(3)27(33)32-22)25(36)28(37)34(23)30-31-16(4)26(42-30)29(38)39-6/h9-14,23,35H,7-8H2,1-6H3. The molecular formula is C30H30N4O7S. The van der Waals surface area contributed by atoms with Crippen LogP contribution in [-0.2, 0) is 14.3 Å². The number of pyridine rings is 1. The maximum atomic E-state index is 13.7. The summed E-state index contributed by atoms with van der Waals surface area (Å²) in [5, 5.41) is 11.8. The first kappa shape index (κ1) is 28.8. The number of ketones is 1.